The molecule has 9 nitrogen and oxygen atoms in total. The maximum absolute atomic E-state index is 13.0. The van der Waals surface area contributed by atoms with Crippen molar-refractivity contribution in [2.75, 3.05) is 13.2 Å². The van der Waals surface area contributed by atoms with E-state index in [0.717, 1.165) is 0 Å². The van der Waals surface area contributed by atoms with Crippen LogP contribution in [0.1, 0.15) is 31.1 Å². The van der Waals surface area contributed by atoms with E-state index in [1.807, 2.05) is 0 Å². The van der Waals surface area contributed by atoms with E-state index in [1.165, 1.54) is 6.08 Å². The first-order chi connectivity index (χ1) is 19.0. The SMILES string of the molecule is C=CCO[C@@H]1OC(COC(=O)c2ccccc2)[C@H](O)C(OC(=O)c2ccccc2)C1OC(=O)c1ccccc1. The molecule has 9 heteroatoms. The molecule has 1 saturated heterocycles. The fourth-order valence-electron chi connectivity index (χ4n) is 3.93. The highest BCUT2D eigenvalue weighted by Crippen LogP contribution is 2.29. The van der Waals surface area contributed by atoms with Crippen LogP contribution in [0.5, 0.6) is 0 Å². The van der Waals surface area contributed by atoms with Gasteiger partial charge in [-0.2, -0.15) is 0 Å². The topological polar surface area (TPSA) is 118 Å². The van der Waals surface area contributed by atoms with Crippen molar-refractivity contribution in [3.8, 4) is 0 Å². The number of hydrogen-bond acceptors (Lipinski definition) is 9. The van der Waals surface area contributed by atoms with Crippen molar-refractivity contribution < 1.29 is 43.2 Å². The lowest BCUT2D eigenvalue weighted by molar-refractivity contribution is -0.296. The summed E-state index contributed by atoms with van der Waals surface area (Å²) >= 11 is 0. The summed E-state index contributed by atoms with van der Waals surface area (Å²) in [6, 6.07) is 24.6. The van der Waals surface area contributed by atoms with Crippen LogP contribution in [0.2, 0.25) is 0 Å². The third-order valence-corrected chi connectivity index (χ3v) is 5.89. The van der Waals surface area contributed by atoms with Gasteiger partial charge in [-0.1, -0.05) is 60.7 Å². The number of esters is 3. The summed E-state index contributed by atoms with van der Waals surface area (Å²) in [6.45, 7) is 3.23. The van der Waals surface area contributed by atoms with E-state index in [-0.39, 0.29) is 24.3 Å². The zero-order valence-corrected chi connectivity index (χ0v) is 21.0. The first-order valence-electron chi connectivity index (χ1n) is 12.3. The first kappa shape index (κ1) is 27.7. The summed E-state index contributed by atoms with van der Waals surface area (Å²) in [4.78, 5) is 38.4. The van der Waals surface area contributed by atoms with Gasteiger partial charge in [0, 0.05) is 0 Å². The van der Waals surface area contributed by atoms with Crippen molar-refractivity contribution in [2.45, 2.75) is 30.7 Å². The molecule has 1 aliphatic rings. The minimum Gasteiger partial charge on any atom is -0.459 e. The Kier molecular flexibility index (Phi) is 9.58. The quantitative estimate of drug-likeness (QED) is 0.237. The van der Waals surface area contributed by atoms with Gasteiger partial charge in [-0.3, -0.25) is 0 Å². The minimum atomic E-state index is -1.54. The Bertz CT molecular complexity index is 1250. The van der Waals surface area contributed by atoms with Crippen LogP contribution in [0.3, 0.4) is 0 Å². The summed E-state index contributed by atoms with van der Waals surface area (Å²) in [5.41, 5.74) is 0.769. The molecule has 5 atom stereocenters. The molecular weight excluding hydrogens is 504 g/mol. The summed E-state index contributed by atoms with van der Waals surface area (Å²) < 4.78 is 28.3. The molecule has 1 N–H and O–H groups in total. The van der Waals surface area contributed by atoms with Gasteiger partial charge in [0.15, 0.2) is 18.5 Å². The maximum atomic E-state index is 13.0. The number of aliphatic hydroxyl groups excluding tert-OH is 1. The molecule has 0 spiro atoms. The van der Waals surface area contributed by atoms with Crippen LogP contribution in [0.15, 0.2) is 104 Å². The Morgan fingerprint density at radius 2 is 1.21 bits per heavy atom. The van der Waals surface area contributed by atoms with Crippen molar-refractivity contribution in [3.63, 3.8) is 0 Å². The van der Waals surface area contributed by atoms with E-state index in [4.69, 9.17) is 23.7 Å². The molecule has 1 heterocycles. The van der Waals surface area contributed by atoms with Gasteiger partial charge in [0.2, 0.25) is 0 Å². The van der Waals surface area contributed by atoms with Crippen LogP contribution in [0.25, 0.3) is 0 Å². The van der Waals surface area contributed by atoms with Crippen LogP contribution in [-0.2, 0) is 23.7 Å². The predicted octanol–water partition coefficient (Wildman–Crippen LogP) is 3.58. The monoisotopic (exact) mass is 532 g/mol. The van der Waals surface area contributed by atoms with Gasteiger partial charge in [-0.15, -0.1) is 6.58 Å². The highest BCUT2D eigenvalue weighted by molar-refractivity contribution is 5.90. The zero-order valence-electron chi connectivity index (χ0n) is 21.0. The molecule has 4 rings (SSSR count). The van der Waals surface area contributed by atoms with Gasteiger partial charge in [-0.05, 0) is 36.4 Å². The average molecular weight is 533 g/mol. The fraction of sp³-hybridized carbons (Fsp3) is 0.233. The average Bonchev–Trinajstić information content (AvgIpc) is 2.99. The normalized spacial score (nSPS) is 22.3. The molecule has 3 aromatic carbocycles. The molecule has 1 aliphatic heterocycles. The summed E-state index contributed by atoms with van der Waals surface area (Å²) in [5.74, 6) is -2.13. The second kappa shape index (κ2) is 13.5. The van der Waals surface area contributed by atoms with Gasteiger partial charge < -0.3 is 28.8 Å². The molecule has 0 radical (unpaired) electrons. The second-order valence-electron chi connectivity index (χ2n) is 8.59. The van der Waals surface area contributed by atoms with Crippen LogP contribution in [0.4, 0.5) is 0 Å². The van der Waals surface area contributed by atoms with Gasteiger partial charge in [0.05, 0.1) is 23.3 Å². The Morgan fingerprint density at radius 1 is 0.744 bits per heavy atom. The summed E-state index contributed by atoms with van der Waals surface area (Å²) in [7, 11) is 0. The molecule has 0 aromatic heterocycles. The lowest BCUT2D eigenvalue weighted by Gasteiger charge is -2.42. The molecule has 0 bridgehead atoms. The number of aliphatic hydroxyl groups is 1. The van der Waals surface area contributed by atoms with Gasteiger partial charge in [0.1, 0.15) is 18.8 Å². The molecule has 0 aliphatic carbocycles. The van der Waals surface area contributed by atoms with Gasteiger partial charge >= 0.3 is 17.9 Å². The molecule has 0 saturated carbocycles. The van der Waals surface area contributed by atoms with Crippen molar-refractivity contribution in [3.05, 3.63) is 120 Å². The number of ether oxygens (including phenoxy) is 5. The number of carbonyl (C=O) groups excluding carboxylic acids is 3. The molecule has 0 amide bonds. The molecule has 39 heavy (non-hydrogen) atoms. The molecule has 202 valence electrons. The standard InChI is InChI=1S/C30H28O9/c1-2-18-35-30-26(39-29(34)22-16-10-5-11-17-22)25(38-28(33)21-14-8-4-9-15-21)24(31)23(37-30)19-36-27(32)20-12-6-3-7-13-20/h2-17,23-26,30-31H,1,18-19H2/t23?,24-,25?,26?,30+/m0/s1. The lowest BCUT2D eigenvalue weighted by atomic mass is 9.98. The van der Waals surface area contributed by atoms with Gasteiger partial charge in [0.25, 0.3) is 0 Å². The smallest absolute Gasteiger partial charge is 0.338 e. The van der Waals surface area contributed by atoms with Crippen molar-refractivity contribution in [1.82, 2.24) is 0 Å². The fourth-order valence-corrected chi connectivity index (χ4v) is 3.93. The molecule has 1 fully saturated rings. The van der Waals surface area contributed by atoms with Crippen molar-refractivity contribution >= 4 is 17.9 Å². The largest absolute Gasteiger partial charge is 0.459 e. The zero-order chi connectivity index (χ0) is 27.6. The number of rotatable bonds is 10. The summed E-state index contributed by atoms with van der Waals surface area (Å²) in [5, 5.41) is 11.2. The Morgan fingerprint density at radius 3 is 1.69 bits per heavy atom. The molecular formula is C30H28O9. The second-order valence-corrected chi connectivity index (χ2v) is 8.59. The summed E-state index contributed by atoms with van der Waals surface area (Å²) in [6.07, 6.45) is -5.32. The van der Waals surface area contributed by atoms with E-state index in [1.54, 1.807) is 91.0 Å². The van der Waals surface area contributed by atoms with E-state index in [9.17, 15) is 19.5 Å². The van der Waals surface area contributed by atoms with E-state index < -0.39 is 48.6 Å². The van der Waals surface area contributed by atoms with Crippen LogP contribution in [0, 0.1) is 0 Å². The Labute approximate surface area is 225 Å². The highest BCUT2D eigenvalue weighted by Gasteiger charge is 2.51. The number of carbonyl (C=O) groups is 3. The van der Waals surface area contributed by atoms with Crippen LogP contribution < -0.4 is 0 Å². The van der Waals surface area contributed by atoms with Crippen LogP contribution in [-0.4, -0.2) is 66.9 Å². The van der Waals surface area contributed by atoms with Crippen molar-refractivity contribution in [2.24, 2.45) is 0 Å². The highest BCUT2D eigenvalue weighted by atomic mass is 16.7. The minimum absolute atomic E-state index is 0.00394. The third-order valence-electron chi connectivity index (χ3n) is 5.89. The van der Waals surface area contributed by atoms with Gasteiger partial charge in [-0.25, -0.2) is 14.4 Å². The number of hydrogen-bond donors (Lipinski definition) is 1. The van der Waals surface area contributed by atoms with E-state index in [0.29, 0.717) is 5.56 Å². The van der Waals surface area contributed by atoms with Crippen LogP contribution >= 0.6 is 0 Å². The predicted molar refractivity (Wildman–Crippen MR) is 139 cm³/mol. The number of benzene rings is 3. The maximum Gasteiger partial charge on any atom is 0.338 e. The Balaban J connectivity index is 1.59. The molecule has 3 aromatic rings. The first-order valence-corrected chi connectivity index (χ1v) is 12.3. The molecule has 3 unspecified atom stereocenters. The van der Waals surface area contributed by atoms with E-state index in [2.05, 4.69) is 6.58 Å². The van der Waals surface area contributed by atoms with E-state index >= 15 is 0 Å². The lowest BCUT2D eigenvalue weighted by Crippen LogP contribution is -2.62. The Hall–Kier alpha value is -4.31. The third kappa shape index (κ3) is 7.17. The van der Waals surface area contributed by atoms with Crippen molar-refractivity contribution in [1.29, 1.82) is 0 Å².